The van der Waals surface area contributed by atoms with Gasteiger partial charge in [-0.3, -0.25) is 28.9 Å². The molecular weight excluding hydrogens is 893 g/mol. The van der Waals surface area contributed by atoms with Gasteiger partial charge in [-0.15, -0.1) is 0 Å². The number of ether oxygens (including phenoxy) is 1. The lowest BCUT2D eigenvalue weighted by Crippen LogP contribution is -2.54. The van der Waals surface area contributed by atoms with Crippen LogP contribution >= 0.6 is 0 Å². The van der Waals surface area contributed by atoms with Crippen LogP contribution in [0.2, 0.25) is 0 Å². The lowest BCUT2D eigenvalue weighted by molar-refractivity contribution is -0.142. The van der Waals surface area contributed by atoms with E-state index < -0.39 is 71.1 Å². The molecule has 0 bridgehead atoms. The average molecular weight is 955 g/mol. The minimum absolute atomic E-state index is 0.286. The molecule has 4 aromatic carbocycles. The highest BCUT2D eigenvalue weighted by molar-refractivity contribution is 6.13. The summed E-state index contributed by atoms with van der Waals surface area (Å²) in [6.45, 7) is 11.0. The normalized spacial score (nSPS) is 16.8. The first kappa shape index (κ1) is 50.2. The number of H-pyrrole nitrogens is 1. The van der Waals surface area contributed by atoms with Crippen molar-refractivity contribution < 1.29 is 43.4 Å². The fourth-order valence-corrected chi connectivity index (χ4v) is 9.21. The van der Waals surface area contributed by atoms with E-state index in [0.29, 0.717) is 82.5 Å². The van der Waals surface area contributed by atoms with Gasteiger partial charge in [0, 0.05) is 55.0 Å². The van der Waals surface area contributed by atoms with Gasteiger partial charge in [0.15, 0.2) is 0 Å². The monoisotopic (exact) mass is 954 g/mol. The number of aromatic nitrogens is 1. The summed E-state index contributed by atoms with van der Waals surface area (Å²) in [5.74, 6) is -2.06. The molecule has 17 heteroatoms. The number of amides is 7. The van der Waals surface area contributed by atoms with Crippen molar-refractivity contribution >= 4 is 64.0 Å². The molecule has 7 amide bonds. The van der Waals surface area contributed by atoms with E-state index in [9.17, 15) is 38.7 Å². The highest BCUT2D eigenvalue weighted by Crippen LogP contribution is 2.36. The van der Waals surface area contributed by atoms with Gasteiger partial charge >= 0.3 is 12.2 Å². The largest absolute Gasteiger partial charge is 0.465 e. The van der Waals surface area contributed by atoms with Crippen molar-refractivity contribution in [2.75, 3.05) is 37.8 Å². The minimum Gasteiger partial charge on any atom is -0.465 e. The number of nitrogens with zero attached hydrogens (tertiary/aromatic N) is 4. The third kappa shape index (κ3) is 11.1. The highest BCUT2D eigenvalue weighted by atomic mass is 16.6. The Morgan fingerprint density at radius 2 is 1.23 bits per heavy atom. The van der Waals surface area contributed by atoms with Crippen LogP contribution in [0.4, 0.5) is 21.0 Å². The lowest BCUT2D eigenvalue weighted by Gasteiger charge is -2.41. The van der Waals surface area contributed by atoms with Crippen LogP contribution in [0.1, 0.15) is 101 Å². The van der Waals surface area contributed by atoms with E-state index >= 15 is 0 Å². The van der Waals surface area contributed by atoms with Crippen LogP contribution in [0.5, 0.6) is 0 Å². The molecule has 2 fully saturated rings. The number of carboxylic acid groups (broad SMARTS) is 1. The number of carbonyl (C=O) groups excluding carboxylic acids is 6. The highest BCUT2D eigenvalue weighted by Gasteiger charge is 2.45. The molecule has 0 aliphatic carbocycles. The number of carbonyl (C=O) groups is 7. The molecule has 2 aliphatic heterocycles. The molecule has 0 unspecified atom stereocenters. The Hall–Kier alpha value is -7.69. The molecule has 2 saturated heterocycles. The van der Waals surface area contributed by atoms with Gasteiger partial charge in [-0.1, -0.05) is 72.8 Å². The fourth-order valence-electron chi connectivity index (χ4n) is 9.21. The molecule has 4 atom stereocenters. The number of benzene rings is 4. The van der Waals surface area contributed by atoms with E-state index in [1.807, 2.05) is 0 Å². The standard InChI is InChI=1S/C53H62N8O9/c1-52(2,3)61(51(68)69)44(34-19-13-10-14-20-34)49(66)60-30-16-22-40(60)45(62)54-35-25-23-33(24-26-35)42-41(47(64)58(7)8)37-31-36(27-28-38(37)56-42)55-46(63)39-21-15-29-59(39)48(65)43(32-17-11-9-12-18-32)57-50(67)70-53(4,5)6/h9-14,17-20,23-28,31,39-40,43-44,56H,15-16,21-22,29-30H2,1-8H3,(H,54,62)(H,55,63)(H,57,67)(H,68,69)/t39-,40-,43+,44+/m0/s1. The summed E-state index contributed by atoms with van der Waals surface area (Å²) in [6.07, 6.45) is -0.0861. The van der Waals surface area contributed by atoms with E-state index in [1.165, 1.54) is 14.7 Å². The SMILES string of the molecule is CN(C)C(=O)c1c(-c2ccc(NC(=O)[C@@H]3CCCN3C(=O)[C@@H](c3ccccc3)N(C(=O)O)C(C)(C)C)cc2)[nH]c2ccc(NC(=O)[C@@H]3CCCN3C(=O)[C@H](NC(=O)OC(C)(C)C)c3ccccc3)cc12. The van der Waals surface area contributed by atoms with Crippen molar-refractivity contribution in [1.82, 2.24) is 29.9 Å². The van der Waals surface area contributed by atoms with E-state index in [0.717, 1.165) is 4.90 Å². The van der Waals surface area contributed by atoms with E-state index in [4.69, 9.17) is 4.74 Å². The third-order valence-corrected chi connectivity index (χ3v) is 12.4. The van der Waals surface area contributed by atoms with Crippen LogP contribution in [0.3, 0.4) is 0 Å². The number of aromatic amines is 1. The van der Waals surface area contributed by atoms with Crippen LogP contribution in [-0.2, 0) is 23.9 Å². The molecule has 5 aromatic rings. The molecule has 2 aliphatic rings. The number of rotatable bonds is 12. The Bertz CT molecular complexity index is 2760. The maximum absolute atomic E-state index is 14.4. The smallest absolute Gasteiger partial charge is 0.408 e. The van der Waals surface area contributed by atoms with E-state index in [1.54, 1.807) is 159 Å². The van der Waals surface area contributed by atoms with Crippen molar-refractivity contribution in [3.8, 4) is 11.3 Å². The fraction of sp³-hybridized carbons (Fsp3) is 0.377. The summed E-state index contributed by atoms with van der Waals surface area (Å²) in [6, 6.07) is 25.7. The van der Waals surface area contributed by atoms with Gasteiger partial charge in [-0.25, -0.2) is 9.59 Å². The quantitative estimate of drug-likeness (QED) is 0.0814. The first-order valence-electron chi connectivity index (χ1n) is 23.4. The second-order valence-electron chi connectivity index (χ2n) is 19.9. The molecule has 7 rings (SSSR count). The Morgan fingerprint density at radius 1 is 0.700 bits per heavy atom. The van der Waals surface area contributed by atoms with E-state index in [2.05, 4.69) is 20.9 Å². The molecule has 3 heterocycles. The molecule has 0 radical (unpaired) electrons. The molecule has 1 aromatic heterocycles. The topological polar surface area (TPSA) is 214 Å². The van der Waals surface area contributed by atoms with Crippen LogP contribution < -0.4 is 16.0 Å². The Balaban J connectivity index is 1.09. The summed E-state index contributed by atoms with van der Waals surface area (Å²) < 4.78 is 5.47. The molecule has 70 heavy (non-hydrogen) atoms. The van der Waals surface area contributed by atoms with Gasteiger partial charge < -0.3 is 45.5 Å². The number of hydrogen-bond donors (Lipinski definition) is 5. The van der Waals surface area contributed by atoms with Crippen molar-refractivity contribution in [3.63, 3.8) is 0 Å². The first-order valence-corrected chi connectivity index (χ1v) is 23.4. The summed E-state index contributed by atoms with van der Waals surface area (Å²) in [4.78, 5) is 105. The van der Waals surface area contributed by atoms with Gasteiger partial charge in [-0.2, -0.15) is 0 Å². The zero-order chi connectivity index (χ0) is 50.7. The summed E-state index contributed by atoms with van der Waals surface area (Å²) in [7, 11) is 3.28. The molecule has 368 valence electrons. The molecular formula is C53H62N8O9. The number of nitrogens with one attached hydrogen (secondary N) is 4. The number of fused-ring (bicyclic) bond motifs is 1. The first-order chi connectivity index (χ1) is 33.1. The third-order valence-electron chi connectivity index (χ3n) is 12.4. The van der Waals surface area contributed by atoms with Crippen molar-refractivity contribution in [2.45, 2.75) is 103 Å². The zero-order valence-corrected chi connectivity index (χ0v) is 40.9. The number of alkyl carbamates (subject to hydrolysis) is 1. The number of hydrogen-bond acceptors (Lipinski definition) is 8. The van der Waals surface area contributed by atoms with Crippen LogP contribution in [-0.4, -0.2) is 122 Å². The molecule has 0 spiro atoms. The Kier molecular flexibility index (Phi) is 14.7. The molecule has 5 N–H and O–H groups in total. The predicted octanol–water partition coefficient (Wildman–Crippen LogP) is 8.18. The van der Waals surface area contributed by atoms with Crippen molar-refractivity contribution in [1.29, 1.82) is 0 Å². The van der Waals surface area contributed by atoms with Crippen LogP contribution in [0.15, 0.2) is 103 Å². The average Bonchev–Trinajstić information content (AvgIpc) is 4.09. The van der Waals surface area contributed by atoms with Gasteiger partial charge in [0.1, 0.15) is 29.8 Å². The summed E-state index contributed by atoms with van der Waals surface area (Å²) >= 11 is 0. The van der Waals surface area contributed by atoms with Gasteiger partial charge in [-0.05, 0) is 114 Å². The van der Waals surface area contributed by atoms with Crippen molar-refractivity contribution in [2.24, 2.45) is 0 Å². The maximum Gasteiger partial charge on any atom is 0.408 e. The minimum atomic E-state index is -1.25. The number of anilines is 2. The van der Waals surface area contributed by atoms with Gasteiger partial charge in [0.25, 0.3) is 17.7 Å². The summed E-state index contributed by atoms with van der Waals surface area (Å²) in [5.41, 5.74) is 2.30. The Morgan fingerprint density at radius 3 is 1.76 bits per heavy atom. The second-order valence-corrected chi connectivity index (χ2v) is 19.9. The predicted molar refractivity (Wildman–Crippen MR) is 266 cm³/mol. The van der Waals surface area contributed by atoms with Gasteiger partial charge in [0.2, 0.25) is 11.8 Å². The summed E-state index contributed by atoms with van der Waals surface area (Å²) in [5, 5.41) is 19.5. The zero-order valence-electron chi connectivity index (χ0n) is 40.9. The maximum atomic E-state index is 14.4. The number of likely N-dealkylation sites (tertiary alicyclic amines) is 2. The Labute approximate surface area is 407 Å². The van der Waals surface area contributed by atoms with Gasteiger partial charge in [0.05, 0.1) is 11.3 Å². The second kappa shape index (κ2) is 20.5. The molecule has 17 nitrogen and oxygen atoms in total. The van der Waals surface area contributed by atoms with Crippen LogP contribution in [0, 0.1) is 0 Å². The lowest BCUT2D eigenvalue weighted by atomic mass is 9.97. The van der Waals surface area contributed by atoms with Crippen LogP contribution in [0.25, 0.3) is 22.2 Å². The van der Waals surface area contributed by atoms with E-state index in [-0.39, 0.29) is 12.5 Å². The van der Waals surface area contributed by atoms with Crippen molar-refractivity contribution in [3.05, 3.63) is 120 Å². The molecule has 0 saturated carbocycles.